The Morgan fingerprint density at radius 1 is 0.957 bits per heavy atom. The van der Waals surface area contributed by atoms with Crippen LogP contribution in [-0.4, -0.2) is 21.5 Å². The lowest BCUT2D eigenvalue weighted by atomic mass is 10.1. The van der Waals surface area contributed by atoms with E-state index in [1.807, 2.05) is 0 Å². The number of nitro groups is 2. The number of non-ortho nitro benzene ring substituents is 2. The standard InChI is InChI=1S/C15H23N3O4S/c1-2-3-4-5-6-7-8-23-12-16-13-9-14(17(19)20)11-15(10-13)18(21)22/h9-11,16H,2-8,12H2,1H3. The van der Waals surface area contributed by atoms with Crippen LogP contribution in [0.5, 0.6) is 0 Å². The van der Waals surface area contributed by atoms with Crippen LogP contribution < -0.4 is 5.32 Å². The lowest BCUT2D eigenvalue weighted by molar-refractivity contribution is -0.394. The minimum absolute atomic E-state index is 0.275. The van der Waals surface area contributed by atoms with Gasteiger partial charge >= 0.3 is 0 Å². The second-order valence-electron chi connectivity index (χ2n) is 5.25. The summed E-state index contributed by atoms with van der Waals surface area (Å²) in [5.74, 6) is 1.59. The van der Waals surface area contributed by atoms with Crippen LogP contribution in [0.25, 0.3) is 0 Å². The van der Waals surface area contributed by atoms with E-state index in [1.54, 1.807) is 11.8 Å². The number of rotatable bonds is 12. The van der Waals surface area contributed by atoms with Gasteiger partial charge in [-0.25, -0.2) is 0 Å². The van der Waals surface area contributed by atoms with Gasteiger partial charge in [0.2, 0.25) is 0 Å². The monoisotopic (exact) mass is 341 g/mol. The molecule has 1 aromatic rings. The van der Waals surface area contributed by atoms with Crippen LogP contribution in [0.2, 0.25) is 0 Å². The SMILES string of the molecule is CCCCCCCCSCNc1cc([N+](=O)[O-])cc([N+](=O)[O-])c1. The van der Waals surface area contributed by atoms with E-state index < -0.39 is 9.85 Å². The van der Waals surface area contributed by atoms with Crippen LogP contribution in [0.3, 0.4) is 0 Å². The second kappa shape index (κ2) is 10.8. The average molecular weight is 341 g/mol. The van der Waals surface area contributed by atoms with Crippen LogP contribution in [0.4, 0.5) is 17.1 Å². The third-order valence-corrected chi connectivity index (χ3v) is 4.27. The van der Waals surface area contributed by atoms with Crippen molar-refractivity contribution in [2.24, 2.45) is 0 Å². The number of anilines is 1. The predicted molar refractivity (Wildman–Crippen MR) is 94.1 cm³/mol. The third-order valence-electron chi connectivity index (χ3n) is 3.34. The highest BCUT2D eigenvalue weighted by Crippen LogP contribution is 2.26. The molecule has 0 saturated heterocycles. The maximum atomic E-state index is 10.8. The first kappa shape index (κ1) is 19.2. The summed E-state index contributed by atoms with van der Waals surface area (Å²) in [7, 11) is 0. The Morgan fingerprint density at radius 3 is 2.09 bits per heavy atom. The van der Waals surface area contributed by atoms with Gasteiger partial charge in [0, 0.05) is 17.8 Å². The fourth-order valence-corrected chi connectivity index (χ4v) is 2.92. The van der Waals surface area contributed by atoms with Crippen LogP contribution in [-0.2, 0) is 0 Å². The van der Waals surface area contributed by atoms with Crippen molar-refractivity contribution in [2.75, 3.05) is 16.9 Å². The molecule has 0 radical (unpaired) electrons. The zero-order chi connectivity index (χ0) is 17.1. The average Bonchev–Trinajstić information content (AvgIpc) is 2.53. The summed E-state index contributed by atoms with van der Waals surface area (Å²) in [6.07, 6.45) is 7.45. The highest BCUT2D eigenvalue weighted by molar-refractivity contribution is 7.99. The van der Waals surface area contributed by atoms with Gasteiger partial charge in [0.1, 0.15) is 0 Å². The van der Waals surface area contributed by atoms with Crippen molar-refractivity contribution in [3.05, 3.63) is 38.4 Å². The van der Waals surface area contributed by atoms with Gasteiger partial charge in [0.15, 0.2) is 0 Å². The molecule has 0 bridgehead atoms. The van der Waals surface area contributed by atoms with Crippen molar-refractivity contribution in [1.82, 2.24) is 0 Å². The number of nitro benzene ring substituents is 2. The molecule has 128 valence electrons. The summed E-state index contributed by atoms with van der Waals surface area (Å²) in [6, 6.07) is 3.60. The second-order valence-corrected chi connectivity index (χ2v) is 6.35. The molecule has 0 aromatic heterocycles. The Labute approximate surface area is 140 Å². The Morgan fingerprint density at radius 2 is 1.52 bits per heavy atom. The highest BCUT2D eigenvalue weighted by Gasteiger charge is 2.16. The molecule has 1 rings (SSSR count). The van der Waals surface area contributed by atoms with E-state index in [1.165, 1.54) is 44.2 Å². The zero-order valence-electron chi connectivity index (χ0n) is 13.3. The molecule has 0 atom stereocenters. The maximum Gasteiger partial charge on any atom is 0.278 e. The van der Waals surface area contributed by atoms with Gasteiger partial charge in [-0.05, 0) is 12.2 Å². The molecule has 0 saturated carbocycles. The largest absolute Gasteiger partial charge is 0.376 e. The molecule has 7 nitrogen and oxygen atoms in total. The van der Waals surface area contributed by atoms with Gasteiger partial charge in [-0.15, -0.1) is 11.8 Å². The number of nitrogens with zero attached hydrogens (tertiary/aromatic N) is 2. The van der Waals surface area contributed by atoms with Crippen molar-refractivity contribution < 1.29 is 9.85 Å². The van der Waals surface area contributed by atoms with Crippen molar-refractivity contribution in [2.45, 2.75) is 45.4 Å². The van der Waals surface area contributed by atoms with Crippen LogP contribution in [0.1, 0.15) is 45.4 Å². The lowest BCUT2D eigenvalue weighted by Gasteiger charge is -2.06. The Kier molecular flexibility index (Phi) is 9.04. The van der Waals surface area contributed by atoms with Gasteiger partial charge in [0.25, 0.3) is 11.4 Å². The van der Waals surface area contributed by atoms with Gasteiger partial charge in [-0.3, -0.25) is 20.2 Å². The Balaban J connectivity index is 2.34. The number of thioether (sulfide) groups is 1. The molecule has 1 N–H and O–H groups in total. The summed E-state index contributed by atoms with van der Waals surface area (Å²) in [6.45, 7) is 2.19. The number of hydrogen-bond donors (Lipinski definition) is 1. The molecule has 0 amide bonds. The molecule has 23 heavy (non-hydrogen) atoms. The fourth-order valence-electron chi connectivity index (χ4n) is 2.10. The van der Waals surface area contributed by atoms with Gasteiger partial charge in [0.05, 0.1) is 21.8 Å². The van der Waals surface area contributed by atoms with Crippen LogP contribution >= 0.6 is 11.8 Å². The molecule has 0 unspecified atom stereocenters. The summed E-state index contributed by atoms with van der Waals surface area (Å²) in [5, 5.41) is 24.6. The number of nitrogens with one attached hydrogen (secondary N) is 1. The Hall–Kier alpha value is -1.83. The van der Waals surface area contributed by atoms with Crippen molar-refractivity contribution in [3.63, 3.8) is 0 Å². The van der Waals surface area contributed by atoms with E-state index in [-0.39, 0.29) is 11.4 Å². The predicted octanol–water partition coefficient (Wildman–Crippen LogP) is 4.97. The fraction of sp³-hybridized carbons (Fsp3) is 0.600. The molecular formula is C15H23N3O4S. The minimum atomic E-state index is -0.623. The summed E-state index contributed by atoms with van der Waals surface area (Å²) in [4.78, 5) is 20.4. The number of benzene rings is 1. The van der Waals surface area contributed by atoms with E-state index in [0.717, 1.165) is 18.2 Å². The maximum absolute atomic E-state index is 10.8. The topological polar surface area (TPSA) is 98.3 Å². The highest BCUT2D eigenvalue weighted by atomic mass is 32.2. The summed E-state index contributed by atoms with van der Waals surface area (Å²) in [5.41, 5.74) is -0.147. The first-order valence-electron chi connectivity index (χ1n) is 7.80. The zero-order valence-corrected chi connectivity index (χ0v) is 14.1. The molecule has 0 fully saturated rings. The van der Waals surface area contributed by atoms with E-state index in [0.29, 0.717) is 11.6 Å². The van der Waals surface area contributed by atoms with Gasteiger partial charge in [-0.2, -0.15) is 0 Å². The summed E-state index contributed by atoms with van der Waals surface area (Å²) >= 11 is 1.69. The van der Waals surface area contributed by atoms with E-state index in [4.69, 9.17) is 0 Å². The molecule has 1 aromatic carbocycles. The number of hydrogen-bond acceptors (Lipinski definition) is 6. The van der Waals surface area contributed by atoms with Crippen molar-refractivity contribution >= 4 is 28.8 Å². The molecule has 0 spiro atoms. The quantitative estimate of drug-likeness (QED) is 0.249. The van der Waals surface area contributed by atoms with E-state index >= 15 is 0 Å². The normalized spacial score (nSPS) is 10.5. The molecule has 0 aliphatic rings. The molecule has 8 heteroatoms. The molecule has 0 heterocycles. The van der Waals surface area contributed by atoms with Crippen molar-refractivity contribution in [3.8, 4) is 0 Å². The first-order valence-corrected chi connectivity index (χ1v) is 8.95. The molecular weight excluding hydrogens is 318 g/mol. The van der Waals surface area contributed by atoms with Crippen LogP contribution in [0, 0.1) is 20.2 Å². The van der Waals surface area contributed by atoms with Crippen molar-refractivity contribution in [1.29, 1.82) is 0 Å². The summed E-state index contributed by atoms with van der Waals surface area (Å²) < 4.78 is 0. The van der Waals surface area contributed by atoms with Gasteiger partial charge < -0.3 is 5.32 Å². The van der Waals surface area contributed by atoms with Gasteiger partial charge in [-0.1, -0.05) is 39.0 Å². The first-order chi connectivity index (χ1) is 11.0. The smallest absolute Gasteiger partial charge is 0.278 e. The Bertz CT molecular complexity index is 493. The number of unbranched alkanes of at least 4 members (excludes halogenated alkanes) is 5. The lowest BCUT2D eigenvalue weighted by Crippen LogP contribution is -2.01. The molecule has 0 aliphatic carbocycles. The molecule has 0 aliphatic heterocycles. The van der Waals surface area contributed by atoms with Crippen LogP contribution in [0.15, 0.2) is 18.2 Å². The van der Waals surface area contributed by atoms with E-state index in [9.17, 15) is 20.2 Å². The third kappa shape index (κ3) is 7.83. The minimum Gasteiger partial charge on any atom is -0.376 e. The van der Waals surface area contributed by atoms with E-state index in [2.05, 4.69) is 12.2 Å².